The molecule has 4 rings (SSSR count). The molecule has 7 nitrogen and oxygen atoms in total. The maximum absolute atomic E-state index is 13.8. The van der Waals surface area contributed by atoms with E-state index in [-0.39, 0.29) is 46.5 Å². The van der Waals surface area contributed by atoms with Crippen LogP contribution in [0, 0.1) is 5.92 Å². The first-order valence-electron chi connectivity index (χ1n) is 11.5. The summed E-state index contributed by atoms with van der Waals surface area (Å²) in [7, 11) is -4.11. The van der Waals surface area contributed by atoms with Crippen LogP contribution in [0.1, 0.15) is 55.1 Å². The van der Waals surface area contributed by atoms with E-state index in [4.69, 9.17) is 4.74 Å². The van der Waals surface area contributed by atoms with Gasteiger partial charge < -0.3 is 4.74 Å². The fourth-order valence-electron chi connectivity index (χ4n) is 4.61. The highest BCUT2D eigenvalue weighted by atomic mass is 32.2. The summed E-state index contributed by atoms with van der Waals surface area (Å²) in [5, 5.41) is 0.462. The van der Waals surface area contributed by atoms with Gasteiger partial charge in [0.25, 0.3) is 10.0 Å². The smallest absolute Gasteiger partial charge is 0.333 e. The zero-order valence-electron chi connectivity index (χ0n) is 19.2. The zero-order chi connectivity index (χ0) is 24.3. The van der Waals surface area contributed by atoms with E-state index >= 15 is 0 Å². The average molecular weight is 481 g/mol. The topological polar surface area (TPSA) is 95.3 Å². The Morgan fingerprint density at radius 2 is 1.79 bits per heavy atom. The number of aromatic nitrogens is 2. The molecule has 2 aromatic heterocycles. The first kappa shape index (κ1) is 23.9. The molecule has 0 spiro atoms. The van der Waals surface area contributed by atoms with Crippen LogP contribution in [-0.2, 0) is 26.0 Å². The van der Waals surface area contributed by atoms with Crippen molar-refractivity contribution in [1.82, 2.24) is 8.96 Å². The molecule has 3 aromatic rings. The van der Waals surface area contributed by atoms with E-state index in [1.54, 1.807) is 37.3 Å². The number of pyridine rings is 1. The van der Waals surface area contributed by atoms with Gasteiger partial charge in [-0.3, -0.25) is 4.79 Å². The molecule has 8 heteroatoms. The normalized spacial score (nSPS) is 14.7. The lowest BCUT2D eigenvalue weighted by atomic mass is 9.83. The molecule has 0 radical (unpaired) electrons. The number of benzene rings is 1. The number of nitrogens with zero attached hydrogens (tertiary/aromatic N) is 2. The largest absolute Gasteiger partial charge is 0.463 e. The van der Waals surface area contributed by atoms with E-state index in [9.17, 15) is 18.0 Å². The Hall–Kier alpha value is -3.26. The predicted octanol–water partition coefficient (Wildman–Crippen LogP) is 4.70. The molecule has 1 aliphatic carbocycles. The van der Waals surface area contributed by atoms with Crippen LogP contribution in [0.4, 0.5) is 0 Å². The van der Waals surface area contributed by atoms with Gasteiger partial charge in [0.15, 0.2) is 11.4 Å². The van der Waals surface area contributed by atoms with Gasteiger partial charge in [0.05, 0.1) is 17.2 Å². The molecule has 0 atom stereocenters. The number of hydrogen-bond acceptors (Lipinski definition) is 6. The maximum Gasteiger partial charge on any atom is 0.333 e. The van der Waals surface area contributed by atoms with Gasteiger partial charge >= 0.3 is 5.97 Å². The Morgan fingerprint density at radius 3 is 2.47 bits per heavy atom. The van der Waals surface area contributed by atoms with Gasteiger partial charge in [0.1, 0.15) is 0 Å². The third-order valence-corrected chi connectivity index (χ3v) is 7.97. The summed E-state index contributed by atoms with van der Waals surface area (Å²) in [6.45, 7) is 5.68. The predicted molar refractivity (Wildman–Crippen MR) is 129 cm³/mol. The number of ketones is 1. The van der Waals surface area contributed by atoms with Crippen LogP contribution in [0.25, 0.3) is 11.0 Å². The standard InChI is InChI=1S/C26H28N2O5S/c1-3-33-26(30)18(2)17-22-23(24(29)19-11-6-4-7-12-19)21-15-10-16-27-25(21)28(22)34(31,32)20-13-8-5-9-14-20/h5,8-10,13-16,19H,2-4,6-7,11-12,17H2,1H3. The number of esters is 1. The highest BCUT2D eigenvalue weighted by Gasteiger charge is 2.34. The minimum atomic E-state index is -4.11. The van der Waals surface area contributed by atoms with Crippen molar-refractivity contribution in [3.63, 3.8) is 0 Å². The van der Waals surface area contributed by atoms with Crippen LogP contribution in [0.15, 0.2) is 65.7 Å². The van der Waals surface area contributed by atoms with E-state index in [1.165, 1.54) is 18.3 Å². The van der Waals surface area contributed by atoms with E-state index in [2.05, 4.69) is 11.6 Å². The number of carbonyl (C=O) groups is 2. The Labute approximate surface area is 199 Å². The molecule has 2 heterocycles. The second-order valence-corrected chi connectivity index (χ2v) is 10.3. The highest BCUT2D eigenvalue weighted by molar-refractivity contribution is 7.90. The van der Waals surface area contributed by atoms with Gasteiger partial charge in [-0.1, -0.05) is 44.0 Å². The van der Waals surface area contributed by atoms with Crippen LogP contribution in [0.5, 0.6) is 0 Å². The summed E-state index contributed by atoms with van der Waals surface area (Å²) in [4.78, 5) is 30.6. The maximum atomic E-state index is 13.8. The summed E-state index contributed by atoms with van der Waals surface area (Å²) < 4.78 is 33.8. The van der Waals surface area contributed by atoms with Crippen molar-refractivity contribution in [3.05, 3.63) is 72.1 Å². The highest BCUT2D eigenvalue weighted by Crippen LogP contribution is 2.35. The van der Waals surface area contributed by atoms with Crippen LogP contribution in [0.3, 0.4) is 0 Å². The Morgan fingerprint density at radius 1 is 1.09 bits per heavy atom. The fourth-order valence-corrected chi connectivity index (χ4v) is 6.14. The summed E-state index contributed by atoms with van der Waals surface area (Å²) in [5.41, 5.74) is 0.746. The molecule has 0 N–H and O–H groups in total. The molecule has 1 aromatic carbocycles. The Balaban J connectivity index is 1.97. The second-order valence-electron chi connectivity index (χ2n) is 8.48. The molecule has 1 saturated carbocycles. The molecule has 0 saturated heterocycles. The lowest BCUT2D eigenvalue weighted by Crippen LogP contribution is -2.22. The Bertz CT molecular complexity index is 1340. The van der Waals surface area contributed by atoms with E-state index < -0.39 is 16.0 Å². The molecule has 0 aliphatic heterocycles. The first-order chi connectivity index (χ1) is 16.4. The van der Waals surface area contributed by atoms with E-state index in [0.717, 1.165) is 36.1 Å². The van der Waals surface area contributed by atoms with Gasteiger partial charge in [0, 0.05) is 35.1 Å². The molecule has 0 bridgehead atoms. The number of ether oxygens (including phenoxy) is 1. The van der Waals surface area contributed by atoms with Crippen molar-refractivity contribution in [3.8, 4) is 0 Å². The summed E-state index contributed by atoms with van der Waals surface area (Å²) in [5.74, 6) is -0.922. The third-order valence-electron chi connectivity index (χ3n) is 6.23. The van der Waals surface area contributed by atoms with E-state index in [0.29, 0.717) is 10.9 Å². The van der Waals surface area contributed by atoms with Gasteiger partial charge in [-0.15, -0.1) is 0 Å². The molecule has 0 amide bonds. The number of fused-ring (bicyclic) bond motifs is 1. The van der Waals surface area contributed by atoms with Crippen LogP contribution >= 0.6 is 0 Å². The molecular weight excluding hydrogens is 452 g/mol. The van der Waals surface area contributed by atoms with Crippen LogP contribution in [0.2, 0.25) is 0 Å². The van der Waals surface area contributed by atoms with Gasteiger partial charge in [-0.05, 0) is 44.0 Å². The first-order valence-corrected chi connectivity index (χ1v) is 13.0. The number of rotatable bonds is 8. The number of carbonyl (C=O) groups excluding carboxylic acids is 2. The molecular formula is C26H28N2O5S. The summed E-state index contributed by atoms with van der Waals surface area (Å²) >= 11 is 0. The molecule has 178 valence electrons. The van der Waals surface area contributed by atoms with E-state index in [1.807, 2.05) is 0 Å². The minimum absolute atomic E-state index is 0.0669. The summed E-state index contributed by atoms with van der Waals surface area (Å²) in [6, 6.07) is 11.4. The second kappa shape index (κ2) is 9.93. The van der Waals surface area contributed by atoms with Crippen molar-refractivity contribution in [2.24, 2.45) is 5.92 Å². The Kier molecular flexibility index (Phi) is 6.97. The quantitative estimate of drug-likeness (QED) is 0.263. The van der Waals surface area contributed by atoms with Crippen molar-refractivity contribution in [2.75, 3.05) is 6.61 Å². The average Bonchev–Trinajstić information content (AvgIpc) is 3.19. The zero-order valence-corrected chi connectivity index (χ0v) is 20.0. The molecule has 1 aliphatic rings. The van der Waals surface area contributed by atoms with Crippen molar-refractivity contribution in [2.45, 2.75) is 50.3 Å². The fraction of sp³-hybridized carbons (Fsp3) is 0.346. The lowest BCUT2D eigenvalue weighted by Gasteiger charge is -2.21. The minimum Gasteiger partial charge on any atom is -0.463 e. The SMILES string of the molecule is C=C(Cc1c(C(=O)C2CCCCC2)c2cccnc2n1S(=O)(=O)c1ccccc1)C(=O)OCC. The number of Topliss-reactive ketones (excluding diaryl/α,β-unsaturated/α-hetero) is 1. The van der Waals surface area contributed by atoms with Crippen molar-refractivity contribution in [1.29, 1.82) is 0 Å². The van der Waals surface area contributed by atoms with Gasteiger partial charge in [-0.25, -0.2) is 22.2 Å². The lowest BCUT2D eigenvalue weighted by molar-refractivity contribution is -0.138. The van der Waals surface area contributed by atoms with Crippen molar-refractivity contribution < 1.29 is 22.7 Å². The molecule has 34 heavy (non-hydrogen) atoms. The van der Waals surface area contributed by atoms with Gasteiger partial charge in [-0.2, -0.15) is 0 Å². The monoisotopic (exact) mass is 480 g/mol. The van der Waals surface area contributed by atoms with Crippen LogP contribution < -0.4 is 0 Å². The molecule has 0 unspecified atom stereocenters. The number of hydrogen-bond donors (Lipinski definition) is 0. The van der Waals surface area contributed by atoms with Crippen LogP contribution in [-0.4, -0.2) is 35.7 Å². The summed E-state index contributed by atoms with van der Waals surface area (Å²) in [6.07, 6.45) is 5.88. The van der Waals surface area contributed by atoms with Crippen molar-refractivity contribution >= 4 is 32.8 Å². The third kappa shape index (κ3) is 4.42. The van der Waals surface area contributed by atoms with Gasteiger partial charge in [0.2, 0.25) is 0 Å². The molecule has 1 fully saturated rings.